The molecule has 0 spiro atoms. The Morgan fingerprint density at radius 3 is 2.92 bits per heavy atom. The van der Waals surface area contributed by atoms with E-state index in [1.54, 1.807) is 0 Å². The van der Waals surface area contributed by atoms with Crippen molar-refractivity contribution in [2.75, 3.05) is 5.73 Å². The van der Waals surface area contributed by atoms with Crippen LogP contribution < -0.4 is 11.5 Å². The topological polar surface area (TPSA) is 52.0 Å². The van der Waals surface area contributed by atoms with Gasteiger partial charge in [0.1, 0.15) is 0 Å². The number of halogens is 1. The third-order valence-corrected chi connectivity index (χ3v) is 2.71. The molecule has 2 rings (SSSR count). The van der Waals surface area contributed by atoms with Crippen LogP contribution in [0.1, 0.15) is 23.6 Å². The van der Waals surface area contributed by atoms with Crippen LogP contribution in [-0.2, 0) is 6.42 Å². The Morgan fingerprint density at radius 2 is 2.17 bits per heavy atom. The molecule has 0 bridgehead atoms. The average molecular weight is 183 g/mol. The molecule has 2 nitrogen and oxygen atoms in total. The fourth-order valence-corrected chi connectivity index (χ4v) is 1.85. The van der Waals surface area contributed by atoms with Gasteiger partial charge in [-0.05, 0) is 36.1 Å². The smallest absolute Gasteiger partial charge is 0.0638 e. The van der Waals surface area contributed by atoms with Crippen molar-refractivity contribution in [2.24, 2.45) is 5.73 Å². The van der Waals surface area contributed by atoms with Crippen LogP contribution in [0.3, 0.4) is 0 Å². The van der Waals surface area contributed by atoms with E-state index < -0.39 is 0 Å². The number of rotatable bonds is 0. The molecule has 0 saturated carbocycles. The zero-order valence-electron chi connectivity index (χ0n) is 6.68. The Labute approximate surface area is 76.5 Å². The molecule has 0 radical (unpaired) electrons. The summed E-state index contributed by atoms with van der Waals surface area (Å²) in [7, 11) is 0. The molecule has 3 heteroatoms. The maximum atomic E-state index is 5.88. The molecule has 4 N–H and O–H groups in total. The maximum absolute atomic E-state index is 5.88. The first-order chi connectivity index (χ1) is 5.68. The Balaban J connectivity index is 2.56. The van der Waals surface area contributed by atoms with Gasteiger partial charge >= 0.3 is 0 Å². The quantitative estimate of drug-likeness (QED) is 0.602. The van der Waals surface area contributed by atoms with Gasteiger partial charge in [0.05, 0.1) is 10.7 Å². The van der Waals surface area contributed by atoms with Gasteiger partial charge in [-0.3, -0.25) is 0 Å². The van der Waals surface area contributed by atoms with Crippen molar-refractivity contribution >= 4 is 17.3 Å². The van der Waals surface area contributed by atoms with Crippen molar-refractivity contribution in [3.8, 4) is 0 Å². The number of fused-ring (bicyclic) bond motifs is 1. The van der Waals surface area contributed by atoms with Gasteiger partial charge in [-0.25, -0.2) is 0 Å². The minimum absolute atomic E-state index is 0.151. The first-order valence-corrected chi connectivity index (χ1v) is 4.39. The molecule has 0 aromatic heterocycles. The lowest BCUT2D eigenvalue weighted by Crippen LogP contribution is -2.05. The molecule has 1 aliphatic rings. The van der Waals surface area contributed by atoms with Gasteiger partial charge < -0.3 is 11.5 Å². The Morgan fingerprint density at radius 1 is 1.42 bits per heavy atom. The van der Waals surface area contributed by atoms with E-state index >= 15 is 0 Å². The van der Waals surface area contributed by atoms with Crippen LogP contribution >= 0.6 is 11.6 Å². The minimum Gasteiger partial charge on any atom is -0.398 e. The van der Waals surface area contributed by atoms with E-state index in [1.165, 1.54) is 5.56 Å². The van der Waals surface area contributed by atoms with E-state index in [0.29, 0.717) is 10.7 Å². The first kappa shape index (κ1) is 7.90. The van der Waals surface area contributed by atoms with E-state index in [0.717, 1.165) is 18.4 Å². The lowest BCUT2D eigenvalue weighted by molar-refractivity contribution is 0.713. The maximum Gasteiger partial charge on any atom is 0.0638 e. The number of hydrogen-bond acceptors (Lipinski definition) is 2. The fraction of sp³-hybridized carbons (Fsp3) is 0.333. The summed E-state index contributed by atoms with van der Waals surface area (Å²) >= 11 is 5.88. The fourth-order valence-electron chi connectivity index (χ4n) is 1.68. The molecule has 0 saturated heterocycles. The van der Waals surface area contributed by atoms with Gasteiger partial charge in [0, 0.05) is 6.04 Å². The van der Waals surface area contributed by atoms with Crippen LogP contribution in [0.15, 0.2) is 12.1 Å². The summed E-state index contributed by atoms with van der Waals surface area (Å²) < 4.78 is 0. The normalized spacial score (nSPS) is 21.0. The van der Waals surface area contributed by atoms with E-state index in [9.17, 15) is 0 Å². The number of nitrogens with two attached hydrogens (primary N) is 2. The SMILES string of the molecule is Nc1cc2c(cc1Cl)[C@@H](N)CC2. The predicted octanol–water partition coefficient (Wildman–Crippen LogP) is 1.87. The third-order valence-electron chi connectivity index (χ3n) is 2.38. The van der Waals surface area contributed by atoms with Crippen molar-refractivity contribution in [3.63, 3.8) is 0 Å². The second kappa shape index (κ2) is 2.64. The van der Waals surface area contributed by atoms with Crippen molar-refractivity contribution < 1.29 is 0 Å². The zero-order valence-corrected chi connectivity index (χ0v) is 7.43. The van der Waals surface area contributed by atoms with Crippen LogP contribution in [0.2, 0.25) is 5.02 Å². The summed E-state index contributed by atoms with van der Waals surface area (Å²) in [6, 6.07) is 3.98. The lowest BCUT2D eigenvalue weighted by Gasteiger charge is -2.06. The van der Waals surface area contributed by atoms with Gasteiger partial charge in [-0.2, -0.15) is 0 Å². The van der Waals surface area contributed by atoms with Crippen molar-refractivity contribution in [3.05, 3.63) is 28.3 Å². The monoisotopic (exact) mass is 182 g/mol. The highest BCUT2D eigenvalue weighted by molar-refractivity contribution is 6.33. The molecule has 1 aromatic carbocycles. The molecule has 0 aliphatic heterocycles. The largest absolute Gasteiger partial charge is 0.398 e. The molecule has 1 aliphatic carbocycles. The van der Waals surface area contributed by atoms with Gasteiger partial charge in [-0.15, -0.1) is 0 Å². The molecule has 64 valence electrons. The van der Waals surface area contributed by atoms with E-state index in [2.05, 4.69) is 0 Å². The van der Waals surface area contributed by atoms with Crippen molar-refractivity contribution in [1.82, 2.24) is 0 Å². The van der Waals surface area contributed by atoms with Crippen molar-refractivity contribution in [2.45, 2.75) is 18.9 Å². The predicted molar refractivity (Wildman–Crippen MR) is 51.1 cm³/mol. The summed E-state index contributed by atoms with van der Waals surface area (Å²) in [5, 5.41) is 0.617. The number of hydrogen-bond donors (Lipinski definition) is 2. The molecule has 0 heterocycles. The summed E-state index contributed by atoms with van der Waals surface area (Å²) in [5.41, 5.74) is 14.6. The van der Waals surface area contributed by atoms with Crippen LogP contribution in [0.5, 0.6) is 0 Å². The summed E-state index contributed by atoms with van der Waals surface area (Å²) in [4.78, 5) is 0. The molecule has 0 amide bonds. The molecule has 12 heavy (non-hydrogen) atoms. The second-order valence-electron chi connectivity index (χ2n) is 3.22. The van der Waals surface area contributed by atoms with Gasteiger partial charge in [-0.1, -0.05) is 11.6 Å². The summed E-state index contributed by atoms with van der Waals surface area (Å²) in [6.07, 6.45) is 2.03. The van der Waals surface area contributed by atoms with Gasteiger partial charge in [0.15, 0.2) is 0 Å². The number of anilines is 1. The molecule has 0 unspecified atom stereocenters. The highest BCUT2D eigenvalue weighted by Gasteiger charge is 2.19. The van der Waals surface area contributed by atoms with Gasteiger partial charge in [0.25, 0.3) is 0 Å². The van der Waals surface area contributed by atoms with Crippen LogP contribution in [0, 0.1) is 0 Å². The highest BCUT2D eigenvalue weighted by atomic mass is 35.5. The van der Waals surface area contributed by atoms with Crippen molar-refractivity contribution in [1.29, 1.82) is 0 Å². The number of benzene rings is 1. The molecular weight excluding hydrogens is 172 g/mol. The lowest BCUT2D eigenvalue weighted by atomic mass is 10.1. The Bertz CT molecular complexity index is 323. The molecular formula is C9H11ClN2. The molecule has 1 aromatic rings. The second-order valence-corrected chi connectivity index (χ2v) is 3.62. The van der Waals surface area contributed by atoms with Crippen LogP contribution in [0.25, 0.3) is 0 Å². The number of aryl methyl sites for hydroxylation is 1. The summed E-state index contributed by atoms with van der Waals surface area (Å²) in [6.45, 7) is 0. The minimum atomic E-state index is 0.151. The highest BCUT2D eigenvalue weighted by Crippen LogP contribution is 2.34. The van der Waals surface area contributed by atoms with E-state index in [-0.39, 0.29) is 6.04 Å². The molecule has 0 fully saturated rings. The van der Waals surface area contributed by atoms with Crippen LogP contribution in [-0.4, -0.2) is 0 Å². The molecule has 1 atom stereocenters. The standard InChI is InChI=1S/C9H11ClN2/c10-7-4-6-5(3-9(7)12)1-2-8(6)11/h3-4,8H,1-2,11-12H2/t8-/m0/s1. The van der Waals surface area contributed by atoms with E-state index in [4.69, 9.17) is 23.1 Å². The first-order valence-electron chi connectivity index (χ1n) is 4.02. The van der Waals surface area contributed by atoms with Crippen LogP contribution in [0.4, 0.5) is 5.69 Å². The number of nitrogen functional groups attached to an aromatic ring is 1. The zero-order chi connectivity index (χ0) is 8.72. The van der Waals surface area contributed by atoms with Gasteiger partial charge in [0.2, 0.25) is 0 Å². The third kappa shape index (κ3) is 1.08. The van der Waals surface area contributed by atoms with E-state index in [1.807, 2.05) is 12.1 Å². The average Bonchev–Trinajstić information content (AvgIpc) is 2.35. The Hall–Kier alpha value is -0.730. The Kier molecular flexibility index (Phi) is 1.74. The summed E-state index contributed by atoms with van der Waals surface area (Å²) in [5.74, 6) is 0.